The number of nitro groups is 1. The van der Waals surface area contributed by atoms with Crippen molar-refractivity contribution in [1.82, 2.24) is 4.98 Å². The number of anilines is 2. The van der Waals surface area contributed by atoms with E-state index in [0.29, 0.717) is 37.8 Å². The zero-order valence-corrected chi connectivity index (χ0v) is 15.9. The molecule has 1 fully saturated rings. The first-order valence-electron chi connectivity index (χ1n) is 9.24. The van der Waals surface area contributed by atoms with Gasteiger partial charge in [-0.05, 0) is 31.0 Å². The van der Waals surface area contributed by atoms with Crippen LogP contribution in [0, 0.1) is 16.0 Å². The second-order valence-corrected chi connectivity index (χ2v) is 6.99. The van der Waals surface area contributed by atoms with E-state index in [1.54, 1.807) is 18.3 Å². The number of hydrogen-bond donors (Lipinski definition) is 2. The molecule has 1 amide bonds. The van der Waals surface area contributed by atoms with Crippen LogP contribution < -0.4 is 16.0 Å². The van der Waals surface area contributed by atoms with Crippen LogP contribution in [0.1, 0.15) is 24.0 Å². The molecule has 0 radical (unpaired) electrons. The van der Waals surface area contributed by atoms with E-state index in [-0.39, 0.29) is 24.1 Å². The van der Waals surface area contributed by atoms with Crippen molar-refractivity contribution in [1.29, 1.82) is 0 Å². The third-order valence-corrected chi connectivity index (χ3v) is 5.06. The predicted molar refractivity (Wildman–Crippen MR) is 104 cm³/mol. The van der Waals surface area contributed by atoms with Gasteiger partial charge in [-0.2, -0.15) is 13.2 Å². The molecule has 30 heavy (non-hydrogen) atoms. The fourth-order valence-electron chi connectivity index (χ4n) is 3.43. The molecule has 2 aromatic rings. The summed E-state index contributed by atoms with van der Waals surface area (Å²) in [5.41, 5.74) is 4.33. The summed E-state index contributed by atoms with van der Waals surface area (Å²) in [7, 11) is 0. The Morgan fingerprint density at radius 1 is 1.30 bits per heavy atom. The fourth-order valence-corrected chi connectivity index (χ4v) is 3.43. The number of nitrogens with one attached hydrogen (secondary N) is 1. The molecule has 0 unspecified atom stereocenters. The van der Waals surface area contributed by atoms with Gasteiger partial charge in [0.25, 0.3) is 5.69 Å². The quantitative estimate of drug-likeness (QED) is 0.544. The minimum absolute atomic E-state index is 0.0183. The van der Waals surface area contributed by atoms with Crippen LogP contribution in [0.25, 0.3) is 0 Å². The summed E-state index contributed by atoms with van der Waals surface area (Å²) in [6, 6.07) is 5.85. The van der Waals surface area contributed by atoms with Gasteiger partial charge in [0, 0.05) is 43.4 Å². The summed E-state index contributed by atoms with van der Waals surface area (Å²) in [6.07, 6.45) is -1.86. The van der Waals surface area contributed by atoms with Crippen molar-refractivity contribution in [2.75, 3.05) is 23.3 Å². The van der Waals surface area contributed by atoms with Gasteiger partial charge in [-0.15, -0.1) is 0 Å². The number of benzene rings is 1. The first kappa shape index (κ1) is 21.3. The van der Waals surface area contributed by atoms with Crippen molar-refractivity contribution in [2.45, 2.75) is 25.6 Å². The number of nitrogens with two attached hydrogens (primary N) is 1. The number of hydrogen-bond acceptors (Lipinski definition) is 6. The molecule has 1 aliphatic rings. The minimum atomic E-state index is -4.67. The van der Waals surface area contributed by atoms with E-state index in [2.05, 4.69) is 10.3 Å². The summed E-state index contributed by atoms with van der Waals surface area (Å²) in [5.74, 6) is 0.149. The number of piperidine rings is 1. The fraction of sp³-hybridized carbons (Fsp3) is 0.368. The van der Waals surface area contributed by atoms with Gasteiger partial charge in [-0.1, -0.05) is 6.07 Å². The van der Waals surface area contributed by atoms with Crippen molar-refractivity contribution >= 4 is 23.1 Å². The van der Waals surface area contributed by atoms with Crippen molar-refractivity contribution in [3.05, 3.63) is 57.8 Å². The van der Waals surface area contributed by atoms with Crippen LogP contribution >= 0.6 is 0 Å². The molecular weight excluding hydrogens is 403 g/mol. The van der Waals surface area contributed by atoms with E-state index < -0.39 is 22.4 Å². The van der Waals surface area contributed by atoms with E-state index >= 15 is 0 Å². The van der Waals surface area contributed by atoms with Crippen molar-refractivity contribution in [3.8, 4) is 0 Å². The minimum Gasteiger partial charge on any atom is -0.375 e. The maximum absolute atomic E-state index is 12.9. The normalized spacial score (nSPS) is 15.1. The highest BCUT2D eigenvalue weighted by molar-refractivity contribution is 5.77. The molecule has 1 aromatic carbocycles. The highest BCUT2D eigenvalue weighted by atomic mass is 19.4. The Hall–Kier alpha value is -3.37. The average molecular weight is 423 g/mol. The van der Waals surface area contributed by atoms with Crippen molar-refractivity contribution < 1.29 is 22.9 Å². The van der Waals surface area contributed by atoms with Gasteiger partial charge in [0.1, 0.15) is 11.5 Å². The second-order valence-electron chi connectivity index (χ2n) is 6.99. The molecule has 0 spiro atoms. The number of amides is 1. The van der Waals surface area contributed by atoms with E-state index in [4.69, 9.17) is 5.73 Å². The zero-order chi connectivity index (χ0) is 21.9. The Morgan fingerprint density at radius 3 is 2.60 bits per heavy atom. The zero-order valence-electron chi connectivity index (χ0n) is 15.9. The van der Waals surface area contributed by atoms with Gasteiger partial charge in [0.15, 0.2) is 0 Å². The molecule has 2 heterocycles. The number of carbonyl (C=O) groups excluding carboxylic acids is 1. The molecule has 0 atom stereocenters. The summed E-state index contributed by atoms with van der Waals surface area (Å²) in [4.78, 5) is 28.1. The number of aromatic nitrogens is 1. The van der Waals surface area contributed by atoms with Gasteiger partial charge < -0.3 is 16.0 Å². The van der Waals surface area contributed by atoms with Gasteiger partial charge in [-0.25, -0.2) is 4.98 Å². The lowest BCUT2D eigenvalue weighted by molar-refractivity contribution is -0.384. The molecule has 1 saturated heterocycles. The van der Waals surface area contributed by atoms with Crippen LogP contribution in [-0.2, 0) is 17.5 Å². The third kappa shape index (κ3) is 4.78. The van der Waals surface area contributed by atoms with Crippen molar-refractivity contribution in [2.24, 2.45) is 11.7 Å². The molecule has 1 aliphatic heterocycles. The largest absolute Gasteiger partial charge is 0.416 e. The smallest absolute Gasteiger partial charge is 0.375 e. The van der Waals surface area contributed by atoms with Crippen LogP contribution in [0.2, 0.25) is 0 Å². The van der Waals surface area contributed by atoms with E-state index in [0.717, 1.165) is 17.7 Å². The van der Waals surface area contributed by atoms with Crippen LogP contribution in [0.5, 0.6) is 0 Å². The number of pyridine rings is 1. The lowest BCUT2D eigenvalue weighted by Gasteiger charge is -2.32. The lowest BCUT2D eigenvalue weighted by Crippen LogP contribution is -2.39. The molecule has 3 rings (SSSR count). The van der Waals surface area contributed by atoms with E-state index in [1.165, 1.54) is 0 Å². The molecule has 8 nitrogen and oxygen atoms in total. The van der Waals surface area contributed by atoms with Gasteiger partial charge >= 0.3 is 6.18 Å². The van der Waals surface area contributed by atoms with Crippen molar-refractivity contribution in [3.63, 3.8) is 0 Å². The van der Waals surface area contributed by atoms with Gasteiger partial charge in [-0.3, -0.25) is 14.9 Å². The van der Waals surface area contributed by atoms with Gasteiger partial charge in [0.05, 0.1) is 10.5 Å². The predicted octanol–water partition coefficient (Wildman–Crippen LogP) is 3.32. The SMILES string of the molecule is NC(=O)C1CCN(c2ncccc2CNc2ccc(C(F)(F)F)cc2[N+](=O)[O-])CC1. The molecule has 0 aliphatic carbocycles. The van der Waals surface area contributed by atoms with Gasteiger partial charge in [0.2, 0.25) is 5.91 Å². The molecule has 3 N–H and O–H groups in total. The lowest BCUT2D eigenvalue weighted by atomic mass is 9.96. The summed E-state index contributed by atoms with van der Waals surface area (Å²) in [6.45, 7) is 1.29. The van der Waals surface area contributed by atoms with E-state index in [1.807, 2.05) is 4.90 Å². The summed E-state index contributed by atoms with van der Waals surface area (Å²) in [5, 5.41) is 14.1. The second kappa shape index (κ2) is 8.56. The maximum atomic E-state index is 12.9. The highest BCUT2D eigenvalue weighted by Gasteiger charge is 2.33. The third-order valence-electron chi connectivity index (χ3n) is 5.06. The first-order valence-corrected chi connectivity index (χ1v) is 9.24. The number of nitro benzene ring substituents is 1. The topological polar surface area (TPSA) is 114 Å². The van der Waals surface area contributed by atoms with Crippen LogP contribution in [0.3, 0.4) is 0 Å². The Bertz CT molecular complexity index is 943. The summed E-state index contributed by atoms with van der Waals surface area (Å²) < 4.78 is 38.6. The Morgan fingerprint density at radius 2 is 2.00 bits per heavy atom. The first-order chi connectivity index (χ1) is 14.2. The number of rotatable bonds is 6. The highest BCUT2D eigenvalue weighted by Crippen LogP contribution is 2.35. The number of halogens is 3. The van der Waals surface area contributed by atoms with E-state index in [9.17, 15) is 28.1 Å². The maximum Gasteiger partial charge on any atom is 0.416 e. The molecular formula is C19H20F3N5O3. The number of carbonyl (C=O) groups is 1. The van der Waals surface area contributed by atoms with Crippen LogP contribution in [-0.4, -0.2) is 28.9 Å². The van der Waals surface area contributed by atoms with Crippen LogP contribution in [0.4, 0.5) is 30.4 Å². The Kier molecular flexibility index (Phi) is 6.09. The van der Waals surface area contributed by atoms with Crippen LogP contribution in [0.15, 0.2) is 36.5 Å². The number of primary amides is 1. The molecule has 0 bridgehead atoms. The molecule has 1 aromatic heterocycles. The molecule has 0 saturated carbocycles. The summed E-state index contributed by atoms with van der Waals surface area (Å²) >= 11 is 0. The standard InChI is InChI=1S/C19H20F3N5O3/c20-19(21,22)14-3-4-15(16(10-14)27(29)30)25-11-13-2-1-7-24-18(13)26-8-5-12(6-9-26)17(23)28/h1-4,7,10,12,25H,5-6,8-9,11H2,(H2,23,28). The number of alkyl halides is 3. The average Bonchev–Trinajstić information content (AvgIpc) is 2.71. The number of nitrogens with zero attached hydrogens (tertiary/aromatic N) is 3. The molecule has 160 valence electrons. The monoisotopic (exact) mass is 423 g/mol. The Balaban J connectivity index is 1.77. The molecule has 11 heteroatoms. The Labute approximate surface area is 170 Å².